The fraction of sp³-hybridized carbons (Fsp3) is 0.211. The Bertz CT molecular complexity index is 873. The number of para-hydroxylation sites is 2. The van der Waals surface area contributed by atoms with Gasteiger partial charge in [0, 0.05) is 5.69 Å². The molecule has 0 radical (unpaired) electrons. The SMILES string of the molecule is CCCOC(=O)c1ccc(NC(=O)CSc2nc3ccccc3[nH]2)cc1. The van der Waals surface area contributed by atoms with E-state index < -0.39 is 0 Å². The number of benzene rings is 2. The lowest BCUT2D eigenvalue weighted by Gasteiger charge is -2.06. The van der Waals surface area contributed by atoms with Crippen molar-refractivity contribution in [3.63, 3.8) is 0 Å². The summed E-state index contributed by atoms with van der Waals surface area (Å²) in [4.78, 5) is 31.4. The van der Waals surface area contributed by atoms with Crippen molar-refractivity contribution in [1.29, 1.82) is 0 Å². The maximum Gasteiger partial charge on any atom is 0.338 e. The summed E-state index contributed by atoms with van der Waals surface area (Å²) in [6.45, 7) is 2.34. The van der Waals surface area contributed by atoms with Crippen molar-refractivity contribution in [2.45, 2.75) is 18.5 Å². The lowest BCUT2D eigenvalue weighted by Crippen LogP contribution is -2.14. The molecule has 0 unspecified atom stereocenters. The zero-order chi connectivity index (χ0) is 18.4. The molecule has 2 N–H and O–H groups in total. The molecule has 0 saturated heterocycles. The number of hydrogen-bond donors (Lipinski definition) is 2. The number of carbonyl (C=O) groups is 2. The molecule has 1 heterocycles. The number of fused-ring (bicyclic) bond motifs is 1. The largest absolute Gasteiger partial charge is 0.462 e. The average Bonchev–Trinajstić information content (AvgIpc) is 3.08. The molecule has 7 heteroatoms. The second kappa shape index (κ2) is 8.53. The number of ether oxygens (including phenoxy) is 1. The highest BCUT2D eigenvalue weighted by atomic mass is 32.2. The van der Waals surface area contributed by atoms with Crippen LogP contribution in [-0.4, -0.2) is 34.2 Å². The molecule has 134 valence electrons. The first kappa shape index (κ1) is 18.0. The summed E-state index contributed by atoms with van der Waals surface area (Å²) < 4.78 is 5.07. The number of aromatic amines is 1. The van der Waals surface area contributed by atoms with E-state index in [0.29, 0.717) is 23.0 Å². The fourth-order valence-corrected chi connectivity index (χ4v) is 2.98. The van der Waals surface area contributed by atoms with Gasteiger partial charge in [-0.2, -0.15) is 0 Å². The number of nitrogens with zero attached hydrogens (tertiary/aromatic N) is 1. The Morgan fingerprint density at radius 1 is 1.15 bits per heavy atom. The van der Waals surface area contributed by atoms with E-state index in [1.165, 1.54) is 11.8 Å². The Hall–Kier alpha value is -2.80. The van der Waals surface area contributed by atoms with E-state index in [9.17, 15) is 9.59 Å². The van der Waals surface area contributed by atoms with Gasteiger partial charge in [-0.05, 0) is 42.8 Å². The van der Waals surface area contributed by atoms with E-state index in [4.69, 9.17) is 4.74 Å². The molecule has 0 bridgehead atoms. The maximum absolute atomic E-state index is 12.1. The molecular weight excluding hydrogens is 350 g/mol. The lowest BCUT2D eigenvalue weighted by atomic mass is 10.2. The molecule has 6 nitrogen and oxygen atoms in total. The first-order valence-electron chi connectivity index (χ1n) is 8.30. The molecule has 0 spiro atoms. The van der Waals surface area contributed by atoms with Crippen molar-refractivity contribution in [1.82, 2.24) is 9.97 Å². The zero-order valence-corrected chi connectivity index (χ0v) is 15.1. The number of H-pyrrole nitrogens is 1. The zero-order valence-electron chi connectivity index (χ0n) is 14.3. The molecule has 1 aromatic heterocycles. The van der Waals surface area contributed by atoms with Crippen LogP contribution in [0.15, 0.2) is 53.7 Å². The number of esters is 1. The van der Waals surface area contributed by atoms with E-state index in [1.807, 2.05) is 31.2 Å². The topological polar surface area (TPSA) is 84.1 Å². The van der Waals surface area contributed by atoms with Crippen molar-refractivity contribution in [3.8, 4) is 0 Å². The van der Waals surface area contributed by atoms with Crippen LogP contribution in [0.25, 0.3) is 11.0 Å². The monoisotopic (exact) mass is 369 g/mol. The first-order valence-corrected chi connectivity index (χ1v) is 9.29. The minimum atomic E-state index is -0.356. The molecule has 3 rings (SSSR count). The Morgan fingerprint density at radius 3 is 2.65 bits per heavy atom. The smallest absolute Gasteiger partial charge is 0.338 e. The summed E-state index contributed by atoms with van der Waals surface area (Å²) >= 11 is 1.34. The highest BCUT2D eigenvalue weighted by Gasteiger charge is 2.09. The Kier molecular flexibility index (Phi) is 5.91. The predicted octanol–water partition coefficient (Wildman–Crippen LogP) is 3.86. The predicted molar refractivity (Wildman–Crippen MR) is 102 cm³/mol. The number of carbonyl (C=O) groups excluding carboxylic acids is 2. The molecule has 2 aromatic carbocycles. The fourth-order valence-electron chi connectivity index (χ4n) is 2.30. The number of hydrogen-bond acceptors (Lipinski definition) is 5. The summed E-state index contributed by atoms with van der Waals surface area (Å²) in [5.41, 5.74) is 2.92. The molecule has 0 aliphatic rings. The number of imidazole rings is 1. The highest BCUT2D eigenvalue weighted by molar-refractivity contribution is 7.99. The van der Waals surface area contributed by atoms with Crippen molar-refractivity contribution in [2.24, 2.45) is 0 Å². The van der Waals surface area contributed by atoms with Crippen LogP contribution in [0.4, 0.5) is 5.69 Å². The summed E-state index contributed by atoms with van der Waals surface area (Å²) in [6.07, 6.45) is 0.781. The van der Waals surface area contributed by atoms with Crippen molar-refractivity contribution in [3.05, 3.63) is 54.1 Å². The standard InChI is InChI=1S/C19H19N3O3S/c1-2-11-25-18(24)13-7-9-14(10-8-13)20-17(23)12-26-19-21-15-5-3-4-6-16(15)22-19/h3-10H,2,11-12H2,1H3,(H,20,23)(H,21,22). The Morgan fingerprint density at radius 2 is 1.92 bits per heavy atom. The molecule has 0 fully saturated rings. The van der Waals surface area contributed by atoms with Gasteiger partial charge >= 0.3 is 5.97 Å². The van der Waals surface area contributed by atoms with Crippen LogP contribution >= 0.6 is 11.8 Å². The number of nitrogens with one attached hydrogen (secondary N) is 2. The summed E-state index contributed by atoms with van der Waals surface area (Å²) in [5, 5.41) is 3.51. The van der Waals surface area contributed by atoms with Gasteiger partial charge in [0.2, 0.25) is 5.91 Å². The molecule has 26 heavy (non-hydrogen) atoms. The van der Waals surface area contributed by atoms with Crippen LogP contribution in [0, 0.1) is 0 Å². The van der Waals surface area contributed by atoms with Crippen LogP contribution in [0.2, 0.25) is 0 Å². The molecule has 1 amide bonds. The van der Waals surface area contributed by atoms with Crippen LogP contribution in [0.3, 0.4) is 0 Å². The van der Waals surface area contributed by atoms with E-state index in [-0.39, 0.29) is 17.6 Å². The maximum atomic E-state index is 12.1. The number of aromatic nitrogens is 2. The summed E-state index contributed by atoms with van der Waals surface area (Å²) in [7, 11) is 0. The van der Waals surface area contributed by atoms with Crippen LogP contribution in [0.5, 0.6) is 0 Å². The van der Waals surface area contributed by atoms with Crippen LogP contribution < -0.4 is 5.32 Å². The van der Waals surface area contributed by atoms with Gasteiger partial charge in [-0.25, -0.2) is 9.78 Å². The Labute approximate surface area is 155 Å². The molecule has 0 atom stereocenters. The van der Waals surface area contributed by atoms with Crippen molar-refractivity contribution < 1.29 is 14.3 Å². The van der Waals surface area contributed by atoms with Gasteiger partial charge in [0.25, 0.3) is 0 Å². The second-order valence-electron chi connectivity index (χ2n) is 5.61. The quantitative estimate of drug-likeness (QED) is 0.488. The van der Waals surface area contributed by atoms with Crippen LogP contribution in [0.1, 0.15) is 23.7 Å². The van der Waals surface area contributed by atoms with Gasteiger partial charge in [0.15, 0.2) is 5.16 Å². The first-order chi connectivity index (χ1) is 12.7. The van der Waals surface area contributed by atoms with Crippen LogP contribution in [-0.2, 0) is 9.53 Å². The number of rotatable bonds is 7. The van der Waals surface area contributed by atoms with Gasteiger partial charge in [-0.15, -0.1) is 0 Å². The molecule has 0 saturated carbocycles. The molecule has 0 aliphatic carbocycles. The lowest BCUT2D eigenvalue weighted by molar-refractivity contribution is -0.113. The average molecular weight is 369 g/mol. The number of thioether (sulfide) groups is 1. The van der Waals surface area contributed by atoms with Gasteiger partial charge in [0.1, 0.15) is 0 Å². The summed E-state index contributed by atoms with van der Waals surface area (Å²) in [6, 6.07) is 14.4. The van der Waals surface area contributed by atoms with E-state index in [1.54, 1.807) is 24.3 Å². The number of amides is 1. The van der Waals surface area contributed by atoms with Crippen molar-refractivity contribution >= 4 is 40.4 Å². The number of anilines is 1. The van der Waals surface area contributed by atoms with E-state index in [0.717, 1.165) is 17.5 Å². The van der Waals surface area contributed by atoms with E-state index in [2.05, 4.69) is 15.3 Å². The Balaban J connectivity index is 1.52. The normalized spacial score (nSPS) is 10.7. The molecular formula is C19H19N3O3S. The minimum Gasteiger partial charge on any atom is -0.462 e. The second-order valence-corrected chi connectivity index (χ2v) is 6.57. The van der Waals surface area contributed by atoms with Gasteiger partial charge in [0.05, 0.1) is 29.0 Å². The third-order valence-electron chi connectivity index (χ3n) is 3.55. The van der Waals surface area contributed by atoms with Gasteiger partial charge < -0.3 is 15.0 Å². The van der Waals surface area contributed by atoms with E-state index >= 15 is 0 Å². The van der Waals surface area contributed by atoms with Gasteiger partial charge in [-0.1, -0.05) is 30.8 Å². The van der Waals surface area contributed by atoms with Gasteiger partial charge in [-0.3, -0.25) is 4.79 Å². The molecule has 0 aliphatic heterocycles. The third kappa shape index (κ3) is 4.64. The highest BCUT2D eigenvalue weighted by Crippen LogP contribution is 2.19. The molecule has 3 aromatic rings. The third-order valence-corrected chi connectivity index (χ3v) is 4.42. The summed E-state index contributed by atoms with van der Waals surface area (Å²) in [5.74, 6) is -0.262. The van der Waals surface area contributed by atoms with Crippen molar-refractivity contribution in [2.75, 3.05) is 17.7 Å². The minimum absolute atomic E-state index is 0.142.